The van der Waals surface area contributed by atoms with Crippen molar-refractivity contribution in [3.8, 4) is 6.07 Å². The number of aryl methyl sites for hydroxylation is 1. The SMILES string of the molecule is Cn1ccc2c(c1=O)C1=C3C(=CN(C(C#N)c4ccccc4)C3CCN1)C=C2CS(C)(=O)=O. The molecule has 8 heteroatoms. The van der Waals surface area contributed by atoms with Gasteiger partial charge in [0, 0.05) is 37.8 Å². The standard InChI is InChI=1S/C25H24N4O3S/c1-28-11-9-19-18(15-33(2,31)32)12-17-14-29(21(13-26)16-6-4-3-5-7-16)20-8-10-27-24(22(17)20)23(19)25(28)30/h3-7,9,11-12,14,20-21,27H,8,10,15H2,1-2H3. The first-order chi connectivity index (χ1) is 15.8. The number of nitriles is 1. The molecule has 0 saturated heterocycles. The summed E-state index contributed by atoms with van der Waals surface area (Å²) in [7, 11) is -1.65. The van der Waals surface area contributed by atoms with Crippen LogP contribution >= 0.6 is 0 Å². The molecule has 33 heavy (non-hydrogen) atoms. The van der Waals surface area contributed by atoms with Crippen molar-refractivity contribution in [2.45, 2.75) is 18.5 Å². The van der Waals surface area contributed by atoms with Crippen molar-refractivity contribution in [1.82, 2.24) is 14.8 Å². The Morgan fingerprint density at radius 1 is 1.24 bits per heavy atom. The monoisotopic (exact) mass is 460 g/mol. The summed E-state index contributed by atoms with van der Waals surface area (Å²) in [6.45, 7) is 0.646. The predicted molar refractivity (Wildman–Crippen MR) is 127 cm³/mol. The summed E-state index contributed by atoms with van der Waals surface area (Å²) in [5, 5.41) is 13.5. The molecule has 5 rings (SSSR count). The number of pyridine rings is 1. The average molecular weight is 461 g/mol. The van der Waals surface area contributed by atoms with Crippen molar-refractivity contribution in [2.24, 2.45) is 7.05 Å². The number of nitrogens with zero attached hydrogens (tertiary/aromatic N) is 3. The van der Waals surface area contributed by atoms with E-state index in [9.17, 15) is 18.5 Å². The first-order valence-electron chi connectivity index (χ1n) is 10.8. The normalized spacial score (nSPS) is 20.0. The summed E-state index contributed by atoms with van der Waals surface area (Å²) >= 11 is 0. The highest BCUT2D eigenvalue weighted by atomic mass is 32.2. The molecule has 3 aliphatic rings. The maximum absolute atomic E-state index is 13.3. The van der Waals surface area contributed by atoms with E-state index in [1.165, 1.54) is 10.8 Å². The zero-order valence-electron chi connectivity index (χ0n) is 18.4. The molecule has 1 aliphatic carbocycles. The molecule has 0 fully saturated rings. The van der Waals surface area contributed by atoms with E-state index in [1.54, 1.807) is 13.2 Å². The Balaban J connectivity index is 1.75. The molecule has 0 amide bonds. The van der Waals surface area contributed by atoms with E-state index in [0.717, 1.165) is 28.8 Å². The third-order valence-electron chi connectivity index (χ3n) is 6.43. The highest BCUT2D eigenvalue weighted by Crippen LogP contribution is 2.45. The lowest BCUT2D eigenvalue weighted by Gasteiger charge is -2.35. The van der Waals surface area contributed by atoms with Crippen LogP contribution in [-0.2, 0) is 16.9 Å². The number of sulfone groups is 1. The van der Waals surface area contributed by atoms with E-state index in [4.69, 9.17) is 0 Å². The van der Waals surface area contributed by atoms with Crippen molar-refractivity contribution in [2.75, 3.05) is 18.6 Å². The van der Waals surface area contributed by atoms with Gasteiger partial charge in [0.25, 0.3) is 5.56 Å². The van der Waals surface area contributed by atoms with Gasteiger partial charge in [-0.05, 0) is 40.8 Å². The summed E-state index contributed by atoms with van der Waals surface area (Å²) in [6.07, 6.45) is 7.46. The van der Waals surface area contributed by atoms with Crippen molar-refractivity contribution < 1.29 is 8.42 Å². The first kappa shape index (κ1) is 21.3. The number of fused-ring (bicyclic) bond motifs is 2. The topological polar surface area (TPSA) is 95.2 Å². The Bertz CT molecular complexity index is 1440. The van der Waals surface area contributed by atoms with Gasteiger partial charge in [-0.2, -0.15) is 5.26 Å². The molecule has 2 unspecified atom stereocenters. The number of rotatable bonds is 4. The van der Waals surface area contributed by atoms with E-state index in [-0.39, 0.29) is 17.4 Å². The fourth-order valence-electron chi connectivity index (χ4n) is 5.04. The van der Waals surface area contributed by atoms with Gasteiger partial charge in [0.05, 0.1) is 29.1 Å². The summed E-state index contributed by atoms with van der Waals surface area (Å²) in [6, 6.07) is 13.3. The molecule has 0 saturated carbocycles. The van der Waals surface area contributed by atoms with E-state index in [2.05, 4.69) is 11.4 Å². The van der Waals surface area contributed by atoms with Gasteiger partial charge in [-0.1, -0.05) is 30.3 Å². The van der Waals surface area contributed by atoms with Crippen molar-refractivity contribution in [1.29, 1.82) is 5.26 Å². The van der Waals surface area contributed by atoms with Crippen LogP contribution in [0, 0.1) is 11.3 Å². The summed E-state index contributed by atoms with van der Waals surface area (Å²) in [5.41, 5.74) is 4.96. The van der Waals surface area contributed by atoms with Gasteiger partial charge in [-0.15, -0.1) is 0 Å². The minimum Gasteiger partial charge on any atom is -0.384 e. The highest BCUT2D eigenvalue weighted by molar-refractivity contribution is 7.91. The largest absolute Gasteiger partial charge is 0.384 e. The van der Waals surface area contributed by atoms with E-state index in [1.807, 2.05) is 53.6 Å². The average Bonchev–Trinajstić information content (AvgIpc) is 3.07. The zero-order chi connectivity index (χ0) is 23.3. The lowest BCUT2D eigenvalue weighted by Crippen LogP contribution is -2.39. The van der Waals surface area contributed by atoms with Gasteiger partial charge >= 0.3 is 0 Å². The highest BCUT2D eigenvalue weighted by Gasteiger charge is 2.40. The Morgan fingerprint density at radius 2 is 2.00 bits per heavy atom. The fourth-order valence-corrected chi connectivity index (χ4v) is 5.85. The van der Waals surface area contributed by atoms with Crippen LogP contribution in [0.3, 0.4) is 0 Å². The second kappa shape index (κ2) is 7.78. The van der Waals surface area contributed by atoms with Crippen molar-refractivity contribution >= 4 is 21.1 Å². The fraction of sp³-hybridized carbons (Fsp3) is 0.280. The van der Waals surface area contributed by atoms with E-state index in [0.29, 0.717) is 23.2 Å². The molecule has 2 atom stereocenters. The minimum absolute atomic E-state index is 0.0901. The molecule has 1 aromatic heterocycles. The van der Waals surface area contributed by atoms with Gasteiger partial charge in [0.15, 0.2) is 9.84 Å². The van der Waals surface area contributed by atoms with Crippen LogP contribution < -0.4 is 10.9 Å². The Labute approximate surface area is 192 Å². The molecular formula is C25H24N4O3S. The second-order valence-corrected chi connectivity index (χ2v) is 10.9. The van der Waals surface area contributed by atoms with Crippen molar-refractivity contribution in [3.63, 3.8) is 0 Å². The third kappa shape index (κ3) is 3.58. The van der Waals surface area contributed by atoms with Crippen LogP contribution in [0.1, 0.15) is 29.2 Å². The number of hydrogen-bond acceptors (Lipinski definition) is 6. The number of hydrogen-bond donors (Lipinski definition) is 1. The Kier molecular flexibility index (Phi) is 5.02. The van der Waals surface area contributed by atoms with Crippen LogP contribution in [0.5, 0.6) is 0 Å². The van der Waals surface area contributed by atoms with Gasteiger partial charge < -0.3 is 14.8 Å². The minimum atomic E-state index is -3.34. The van der Waals surface area contributed by atoms with Crippen LogP contribution in [0.2, 0.25) is 0 Å². The molecule has 1 aromatic carbocycles. The van der Waals surface area contributed by atoms with Crippen LogP contribution in [0.15, 0.2) is 70.8 Å². The summed E-state index contributed by atoms with van der Waals surface area (Å²) in [5.74, 6) is -0.171. The summed E-state index contributed by atoms with van der Waals surface area (Å²) < 4.78 is 26.1. The van der Waals surface area contributed by atoms with E-state index < -0.39 is 15.9 Å². The van der Waals surface area contributed by atoms with Gasteiger partial charge in [0.1, 0.15) is 6.04 Å². The van der Waals surface area contributed by atoms with Crippen LogP contribution in [0.25, 0.3) is 11.3 Å². The van der Waals surface area contributed by atoms with Gasteiger partial charge in [-0.3, -0.25) is 4.79 Å². The smallest absolute Gasteiger partial charge is 0.260 e. The Morgan fingerprint density at radius 3 is 2.70 bits per heavy atom. The molecule has 0 spiro atoms. The molecule has 0 radical (unpaired) electrons. The second-order valence-electron chi connectivity index (χ2n) is 8.75. The summed E-state index contributed by atoms with van der Waals surface area (Å²) in [4.78, 5) is 15.3. The van der Waals surface area contributed by atoms with Gasteiger partial charge in [-0.25, -0.2) is 8.42 Å². The molecule has 1 N–H and O–H groups in total. The number of benzene rings is 1. The first-order valence-corrected chi connectivity index (χ1v) is 12.9. The molecule has 3 heterocycles. The zero-order valence-corrected chi connectivity index (χ0v) is 19.3. The maximum atomic E-state index is 13.3. The lowest BCUT2D eigenvalue weighted by molar-refractivity contribution is 0.271. The van der Waals surface area contributed by atoms with Crippen LogP contribution in [-0.4, -0.2) is 42.5 Å². The molecule has 7 nitrogen and oxygen atoms in total. The third-order valence-corrected chi connectivity index (χ3v) is 7.26. The van der Waals surface area contributed by atoms with E-state index >= 15 is 0 Å². The van der Waals surface area contributed by atoms with Crippen molar-refractivity contribution in [3.05, 3.63) is 93.1 Å². The predicted octanol–water partition coefficient (Wildman–Crippen LogP) is 2.36. The molecule has 2 aromatic rings. The molecular weight excluding hydrogens is 436 g/mol. The molecule has 168 valence electrons. The lowest BCUT2D eigenvalue weighted by atomic mass is 9.91. The Hall–Kier alpha value is -3.57. The molecule has 2 aliphatic heterocycles. The van der Waals surface area contributed by atoms with Gasteiger partial charge in [0.2, 0.25) is 0 Å². The quantitative estimate of drug-likeness (QED) is 0.753. The number of nitrogens with one attached hydrogen (secondary N) is 1. The number of aromatic nitrogens is 1. The maximum Gasteiger partial charge on any atom is 0.260 e. The van der Waals surface area contributed by atoms with Crippen LogP contribution in [0.4, 0.5) is 0 Å². The number of allylic oxidation sites excluding steroid dienone is 1. The molecule has 0 bridgehead atoms.